The van der Waals surface area contributed by atoms with Crippen LogP contribution in [0.4, 0.5) is 0 Å². The van der Waals surface area contributed by atoms with E-state index in [4.69, 9.17) is 4.74 Å². The van der Waals surface area contributed by atoms with Gasteiger partial charge in [-0.15, -0.1) is 0 Å². The highest BCUT2D eigenvalue weighted by Gasteiger charge is 2.11. The SMILES string of the molecule is Cn1c(=O)[nH]c2c3cc(-c4ccc(OCCCN5CCCC5)nc4)ccc3ncc21. The van der Waals surface area contributed by atoms with E-state index < -0.39 is 0 Å². The maximum absolute atomic E-state index is 12.0. The Labute approximate surface area is 174 Å². The lowest BCUT2D eigenvalue weighted by molar-refractivity contribution is 0.257. The fraction of sp³-hybridized carbons (Fsp3) is 0.348. The van der Waals surface area contributed by atoms with Crippen LogP contribution in [0.25, 0.3) is 33.1 Å². The zero-order valence-corrected chi connectivity index (χ0v) is 17.1. The number of rotatable bonds is 6. The van der Waals surface area contributed by atoms with Crippen LogP contribution in [0.2, 0.25) is 0 Å². The van der Waals surface area contributed by atoms with Crippen LogP contribution in [0.5, 0.6) is 5.88 Å². The van der Waals surface area contributed by atoms with E-state index in [1.807, 2.05) is 36.5 Å². The predicted octanol–water partition coefficient (Wildman–Crippen LogP) is 3.34. The molecule has 4 heterocycles. The summed E-state index contributed by atoms with van der Waals surface area (Å²) < 4.78 is 7.39. The Morgan fingerprint density at radius 2 is 1.90 bits per heavy atom. The van der Waals surface area contributed by atoms with Gasteiger partial charge in [0.05, 0.1) is 29.4 Å². The average Bonchev–Trinajstić information content (AvgIpc) is 3.40. The van der Waals surface area contributed by atoms with E-state index in [9.17, 15) is 4.79 Å². The van der Waals surface area contributed by atoms with Crippen LogP contribution in [-0.4, -0.2) is 50.7 Å². The molecule has 0 bridgehead atoms. The molecule has 1 N–H and O–H groups in total. The Kier molecular flexibility index (Phi) is 4.96. The first-order chi connectivity index (χ1) is 14.7. The van der Waals surface area contributed by atoms with Crippen molar-refractivity contribution in [3.8, 4) is 17.0 Å². The number of fused-ring (bicyclic) bond motifs is 3. The van der Waals surface area contributed by atoms with Gasteiger partial charge in [0, 0.05) is 36.8 Å². The molecule has 0 saturated carbocycles. The molecule has 4 aromatic rings. The summed E-state index contributed by atoms with van der Waals surface area (Å²) >= 11 is 0. The fourth-order valence-electron chi connectivity index (χ4n) is 4.16. The number of pyridine rings is 2. The third-order valence-electron chi connectivity index (χ3n) is 5.88. The van der Waals surface area contributed by atoms with E-state index in [0.717, 1.165) is 46.0 Å². The molecule has 3 aromatic heterocycles. The van der Waals surface area contributed by atoms with Crippen molar-refractivity contribution in [1.82, 2.24) is 24.4 Å². The molecule has 1 aliphatic heterocycles. The molecule has 0 atom stereocenters. The molecule has 0 aliphatic carbocycles. The van der Waals surface area contributed by atoms with Crippen molar-refractivity contribution in [1.29, 1.82) is 0 Å². The molecular weight excluding hydrogens is 378 g/mol. The first kappa shape index (κ1) is 18.8. The normalized spacial score (nSPS) is 14.7. The summed E-state index contributed by atoms with van der Waals surface area (Å²) in [6.45, 7) is 4.22. The van der Waals surface area contributed by atoms with Crippen LogP contribution < -0.4 is 10.4 Å². The lowest BCUT2D eigenvalue weighted by Gasteiger charge is -2.14. The van der Waals surface area contributed by atoms with Gasteiger partial charge in [0.15, 0.2) is 0 Å². The van der Waals surface area contributed by atoms with Crippen molar-refractivity contribution in [2.24, 2.45) is 7.05 Å². The van der Waals surface area contributed by atoms with Gasteiger partial charge in [0.25, 0.3) is 0 Å². The molecule has 0 spiro atoms. The third kappa shape index (κ3) is 3.57. The quantitative estimate of drug-likeness (QED) is 0.500. The highest BCUT2D eigenvalue weighted by atomic mass is 16.5. The van der Waals surface area contributed by atoms with Gasteiger partial charge in [-0.2, -0.15) is 0 Å². The Hall–Kier alpha value is -3.19. The molecule has 1 saturated heterocycles. The van der Waals surface area contributed by atoms with E-state index in [0.29, 0.717) is 12.5 Å². The lowest BCUT2D eigenvalue weighted by Crippen LogP contribution is -2.21. The van der Waals surface area contributed by atoms with Crippen molar-refractivity contribution in [2.75, 3.05) is 26.2 Å². The van der Waals surface area contributed by atoms with Gasteiger partial charge in [-0.05, 0) is 56.1 Å². The summed E-state index contributed by atoms with van der Waals surface area (Å²) in [5, 5.41) is 0.921. The highest BCUT2D eigenvalue weighted by Crippen LogP contribution is 2.27. The van der Waals surface area contributed by atoms with Gasteiger partial charge in [-0.1, -0.05) is 6.07 Å². The zero-order chi connectivity index (χ0) is 20.5. The summed E-state index contributed by atoms with van der Waals surface area (Å²) in [5.74, 6) is 0.650. The van der Waals surface area contributed by atoms with Crippen LogP contribution in [0.3, 0.4) is 0 Å². The summed E-state index contributed by atoms with van der Waals surface area (Å²) in [7, 11) is 1.74. The maximum atomic E-state index is 12.0. The topological polar surface area (TPSA) is 76.0 Å². The van der Waals surface area contributed by atoms with E-state index in [1.54, 1.807) is 17.8 Å². The molecule has 5 rings (SSSR count). The number of nitrogens with one attached hydrogen (secondary N) is 1. The molecule has 7 nitrogen and oxygen atoms in total. The smallest absolute Gasteiger partial charge is 0.326 e. The van der Waals surface area contributed by atoms with Gasteiger partial charge < -0.3 is 14.6 Å². The molecule has 1 aromatic carbocycles. The van der Waals surface area contributed by atoms with Crippen molar-refractivity contribution in [2.45, 2.75) is 19.3 Å². The van der Waals surface area contributed by atoms with Gasteiger partial charge in [-0.3, -0.25) is 9.55 Å². The number of benzene rings is 1. The van der Waals surface area contributed by atoms with Crippen LogP contribution in [0, 0.1) is 0 Å². The van der Waals surface area contributed by atoms with E-state index in [-0.39, 0.29) is 5.69 Å². The number of ether oxygens (including phenoxy) is 1. The second kappa shape index (κ2) is 7.91. The number of hydrogen-bond donors (Lipinski definition) is 1. The lowest BCUT2D eigenvalue weighted by atomic mass is 10.0. The fourth-order valence-corrected chi connectivity index (χ4v) is 4.16. The highest BCUT2D eigenvalue weighted by molar-refractivity contribution is 6.03. The average molecular weight is 403 g/mol. The summed E-state index contributed by atoms with van der Waals surface area (Å²) in [6.07, 6.45) is 7.22. The van der Waals surface area contributed by atoms with Crippen molar-refractivity contribution >= 4 is 21.9 Å². The molecule has 154 valence electrons. The minimum Gasteiger partial charge on any atom is -0.478 e. The summed E-state index contributed by atoms with van der Waals surface area (Å²) in [5.41, 5.74) is 4.32. The number of aryl methyl sites for hydroxylation is 1. The number of H-pyrrole nitrogens is 1. The maximum Gasteiger partial charge on any atom is 0.326 e. The van der Waals surface area contributed by atoms with E-state index in [2.05, 4.69) is 19.9 Å². The van der Waals surface area contributed by atoms with E-state index in [1.165, 1.54) is 25.9 Å². The first-order valence-electron chi connectivity index (χ1n) is 10.5. The van der Waals surface area contributed by atoms with Crippen LogP contribution >= 0.6 is 0 Å². The molecule has 30 heavy (non-hydrogen) atoms. The first-order valence-corrected chi connectivity index (χ1v) is 10.5. The molecule has 0 amide bonds. The Balaban J connectivity index is 1.32. The third-order valence-corrected chi connectivity index (χ3v) is 5.88. The Morgan fingerprint density at radius 3 is 2.70 bits per heavy atom. The number of imidazole rings is 1. The number of aromatic nitrogens is 4. The largest absolute Gasteiger partial charge is 0.478 e. The summed E-state index contributed by atoms with van der Waals surface area (Å²) in [4.78, 5) is 26.4. The van der Waals surface area contributed by atoms with Crippen LogP contribution in [0.15, 0.2) is 47.5 Å². The zero-order valence-electron chi connectivity index (χ0n) is 17.1. The minimum absolute atomic E-state index is 0.141. The Bertz CT molecular complexity index is 1240. The van der Waals surface area contributed by atoms with Crippen molar-refractivity contribution < 1.29 is 4.74 Å². The van der Waals surface area contributed by atoms with Crippen LogP contribution in [0.1, 0.15) is 19.3 Å². The predicted molar refractivity (Wildman–Crippen MR) is 118 cm³/mol. The molecule has 1 aliphatic rings. The minimum atomic E-state index is -0.141. The van der Waals surface area contributed by atoms with Gasteiger partial charge in [-0.25, -0.2) is 9.78 Å². The molecule has 7 heteroatoms. The number of hydrogen-bond acceptors (Lipinski definition) is 5. The molecule has 0 radical (unpaired) electrons. The van der Waals surface area contributed by atoms with Crippen molar-refractivity contribution in [3.63, 3.8) is 0 Å². The van der Waals surface area contributed by atoms with E-state index >= 15 is 0 Å². The second-order valence-corrected chi connectivity index (χ2v) is 7.88. The van der Waals surface area contributed by atoms with Gasteiger partial charge in [0.2, 0.25) is 5.88 Å². The van der Waals surface area contributed by atoms with Crippen molar-refractivity contribution in [3.05, 3.63) is 53.2 Å². The monoisotopic (exact) mass is 403 g/mol. The van der Waals surface area contributed by atoms with Gasteiger partial charge in [0.1, 0.15) is 0 Å². The summed E-state index contributed by atoms with van der Waals surface area (Å²) in [6, 6.07) is 9.98. The Morgan fingerprint density at radius 1 is 1.07 bits per heavy atom. The molecule has 1 fully saturated rings. The number of likely N-dealkylation sites (tertiary alicyclic amines) is 1. The van der Waals surface area contributed by atoms with Crippen LogP contribution in [-0.2, 0) is 7.05 Å². The van der Waals surface area contributed by atoms with Gasteiger partial charge >= 0.3 is 5.69 Å². The molecule has 0 unspecified atom stereocenters. The number of nitrogens with zero attached hydrogens (tertiary/aromatic N) is 4. The standard InChI is InChI=1S/C23H25N5O2/c1-27-20-15-24-19-7-5-16(13-18(19)22(20)26-23(27)29)17-6-8-21(25-14-17)30-12-4-11-28-9-2-3-10-28/h5-8,13-15H,2-4,9-12H2,1H3,(H,26,29). The second-order valence-electron chi connectivity index (χ2n) is 7.88. The number of aromatic amines is 1. The molecular formula is C23H25N5O2.